The predicted octanol–water partition coefficient (Wildman–Crippen LogP) is 4.79. The molecule has 0 unspecified atom stereocenters. The summed E-state index contributed by atoms with van der Waals surface area (Å²) in [6, 6.07) is 0. The van der Waals surface area contributed by atoms with Gasteiger partial charge in [0.25, 0.3) is 0 Å². The van der Waals surface area contributed by atoms with Crippen molar-refractivity contribution in [2.24, 2.45) is 0 Å². The van der Waals surface area contributed by atoms with E-state index in [2.05, 4.69) is 0 Å². The normalized spacial score (nSPS) is 14.3. The highest BCUT2D eigenvalue weighted by Crippen LogP contribution is 2.55. The van der Waals surface area contributed by atoms with Crippen LogP contribution >= 0.6 is 0 Å². The van der Waals surface area contributed by atoms with E-state index in [1.165, 1.54) is 0 Å². The molecule has 0 bridgehead atoms. The molecule has 0 saturated heterocycles. The maximum absolute atomic E-state index is 12.6. The summed E-state index contributed by atoms with van der Waals surface area (Å²) in [5.74, 6) is -30.9. The third kappa shape index (κ3) is 2.41. The van der Waals surface area contributed by atoms with E-state index in [-0.39, 0.29) is 0 Å². The molecule has 0 aromatic rings. The minimum absolute atomic E-state index is 1.09. The van der Waals surface area contributed by atoms with Gasteiger partial charge in [-0.1, -0.05) is 6.58 Å². The molecule has 0 radical (unpaired) electrons. The predicted molar refractivity (Wildman–Crippen MR) is 40.3 cm³/mol. The van der Waals surface area contributed by atoms with Crippen molar-refractivity contribution < 1.29 is 48.3 Å². The second-order valence-corrected chi connectivity index (χ2v) is 3.12. The molecule has 0 fully saturated rings. The molecule has 11 heteroatoms. The quantitative estimate of drug-likeness (QED) is 0.506. The molecular weight excluding hydrogens is 305 g/mol. The average molecular weight is 308 g/mol. The number of rotatable bonds is 5. The Kier molecular flexibility index (Phi) is 4.36. The number of alkyl halides is 8. The molecule has 0 spiro atoms. The molecule has 0 aliphatic heterocycles. The van der Waals surface area contributed by atoms with Gasteiger partial charge in [-0.3, -0.25) is 0 Å². The summed E-state index contributed by atoms with van der Waals surface area (Å²) in [6.45, 7) is 2.01. The van der Waals surface area contributed by atoms with Crippen LogP contribution in [0.25, 0.3) is 0 Å². The van der Waals surface area contributed by atoms with Gasteiger partial charge in [-0.2, -0.15) is 48.3 Å². The summed E-state index contributed by atoms with van der Waals surface area (Å²) in [5.41, 5.74) is 0. The monoisotopic (exact) mass is 308 g/mol. The maximum atomic E-state index is 12.6. The first-order chi connectivity index (χ1) is 8.16. The van der Waals surface area contributed by atoms with Crippen LogP contribution in [0.3, 0.4) is 0 Å². The Morgan fingerprint density at radius 1 is 0.737 bits per heavy atom. The minimum atomic E-state index is -7.12. The van der Waals surface area contributed by atoms with Gasteiger partial charge in [-0.05, 0) is 6.08 Å². The summed E-state index contributed by atoms with van der Waals surface area (Å²) in [6.07, 6.45) is -5.13. The van der Waals surface area contributed by atoms with E-state index >= 15 is 0 Å². The standard InChI is InChI=1S/C8H3F11/c1-2-5(12,13)7(16,17)8(18,19)6(14,15)3(9)4(10)11/h2H,1H2. The number of hydrogen-bond acceptors (Lipinski definition) is 0. The first-order valence-electron chi connectivity index (χ1n) is 4.03. The minimum Gasteiger partial charge on any atom is -0.199 e. The van der Waals surface area contributed by atoms with Crippen LogP contribution in [0, 0.1) is 0 Å². The molecule has 0 heterocycles. The molecule has 0 rings (SSSR count). The zero-order valence-corrected chi connectivity index (χ0v) is 8.44. The van der Waals surface area contributed by atoms with Crippen molar-refractivity contribution in [1.29, 1.82) is 0 Å². The molecule has 0 aromatic heterocycles. The topological polar surface area (TPSA) is 0 Å². The summed E-state index contributed by atoms with van der Waals surface area (Å²) >= 11 is 0. The Morgan fingerprint density at radius 3 is 1.37 bits per heavy atom. The first-order valence-corrected chi connectivity index (χ1v) is 4.03. The molecule has 19 heavy (non-hydrogen) atoms. The van der Waals surface area contributed by atoms with Crippen LogP contribution < -0.4 is 0 Å². The highest BCUT2D eigenvalue weighted by atomic mass is 19.4. The van der Waals surface area contributed by atoms with Crippen molar-refractivity contribution in [3.63, 3.8) is 0 Å². The average Bonchev–Trinajstić information content (AvgIpc) is 2.26. The van der Waals surface area contributed by atoms with Crippen LogP contribution in [-0.4, -0.2) is 23.7 Å². The molecule has 0 aliphatic rings. The smallest absolute Gasteiger partial charge is 0.199 e. The SMILES string of the molecule is C=CC(F)(F)C(F)(F)C(F)(F)C(F)(F)C(F)=C(F)F. The van der Waals surface area contributed by atoms with E-state index in [4.69, 9.17) is 0 Å². The van der Waals surface area contributed by atoms with E-state index in [9.17, 15) is 48.3 Å². The Labute approximate surface area is 97.7 Å². The van der Waals surface area contributed by atoms with Crippen molar-refractivity contribution in [3.05, 3.63) is 24.6 Å². The second-order valence-electron chi connectivity index (χ2n) is 3.12. The lowest BCUT2D eigenvalue weighted by Gasteiger charge is -2.34. The van der Waals surface area contributed by atoms with Crippen molar-refractivity contribution in [2.75, 3.05) is 0 Å². The molecular formula is C8H3F11. The lowest BCUT2D eigenvalue weighted by atomic mass is 9.98. The van der Waals surface area contributed by atoms with Gasteiger partial charge < -0.3 is 0 Å². The Balaban J connectivity index is 6.01. The maximum Gasteiger partial charge on any atom is 0.385 e. The number of hydrogen-bond donors (Lipinski definition) is 0. The lowest BCUT2D eigenvalue weighted by Crippen LogP contribution is -2.61. The zero-order valence-electron chi connectivity index (χ0n) is 8.44. The Bertz CT molecular complexity index is 387. The van der Waals surface area contributed by atoms with E-state index in [0.29, 0.717) is 0 Å². The van der Waals surface area contributed by atoms with E-state index in [1.54, 1.807) is 0 Å². The number of halogens is 11. The molecule has 0 aliphatic carbocycles. The molecule has 0 N–H and O–H groups in total. The van der Waals surface area contributed by atoms with Crippen LogP contribution in [0.5, 0.6) is 0 Å². The third-order valence-electron chi connectivity index (χ3n) is 1.91. The van der Waals surface area contributed by atoms with E-state index < -0.39 is 41.7 Å². The van der Waals surface area contributed by atoms with Crippen molar-refractivity contribution in [1.82, 2.24) is 0 Å². The van der Waals surface area contributed by atoms with Crippen LogP contribution in [-0.2, 0) is 0 Å². The second kappa shape index (κ2) is 4.67. The lowest BCUT2D eigenvalue weighted by molar-refractivity contribution is -0.349. The highest BCUT2D eigenvalue weighted by Gasteiger charge is 2.81. The van der Waals surface area contributed by atoms with Gasteiger partial charge in [-0.25, -0.2) is 0 Å². The molecule has 0 aromatic carbocycles. The van der Waals surface area contributed by atoms with Gasteiger partial charge in [0.1, 0.15) is 0 Å². The van der Waals surface area contributed by atoms with Crippen molar-refractivity contribution in [2.45, 2.75) is 23.7 Å². The Morgan fingerprint density at radius 2 is 1.11 bits per heavy atom. The third-order valence-corrected chi connectivity index (χ3v) is 1.91. The first kappa shape index (κ1) is 17.7. The summed E-state index contributed by atoms with van der Waals surface area (Å²) in [7, 11) is 0. The van der Waals surface area contributed by atoms with Crippen LogP contribution in [0.1, 0.15) is 0 Å². The van der Waals surface area contributed by atoms with Crippen molar-refractivity contribution in [3.8, 4) is 0 Å². The molecule has 0 atom stereocenters. The highest BCUT2D eigenvalue weighted by molar-refractivity contribution is 5.18. The van der Waals surface area contributed by atoms with Crippen LogP contribution in [0.4, 0.5) is 48.3 Å². The van der Waals surface area contributed by atoms with E-state index in [1.807, 2.05) is 6.58 Å². The molecule has 112 valence electrons. The van der Waals surface area contributed by atoms with Gasteiger partial charge in [0.15, 0.2) is 0 Å². The van der Waals surface area contributed by atoms with Gasteiger partial charge in [0, 0.05) is 0 Å². The summed E-state index contributed by atoms with van der Waals surface area (Å²) in [5, 5.41) is 0. The Hall–Kier alpha value is -1.29. The van der Waals surface area contributed by atoms with Crippen LogP contribution in [0.2, 0.25) is 0 Å². The largest absolute Gasteiger partial charge is 0.385 e. The van der Waals surface area contributed by atoms with Gasteiger partial charge in [0.05, 0.1) is 0 Å². The molecule has 0 nitrogen and oxygen atoms in total. The molecule has 0 saturated carbocycles. The fourth-order valence-corrected chi connectivity index (χ4v) is 0.791. The summed E-state index contributed by atoms with van der Waals surface area (Å²) in [4.78, 5) is 0. The van der Waals surface area contributed by atoms with Gasteiger partial charge >= 0.3 is 29.8 Å². The van der Waals surface area contributed by atoms with E-state index in [0.717, 1.165) is 0 Å². The van der Waals surface area contributed by atoms with Gasteiger partial charge in [0.2, 0.25) is 5.83 Å². The fraction of sp³-hybridized carbons (Fsp3) is 0.500. The zero-order chi connectivity index (χ0) is 15.9. The van der Waals surface area contributed by atoms with Gasteiger partial charge in [-0.15, -0.1) is 0 Å². The van der Waals surface area contributed by atoms with Crippen molar-refractivity contribution >= 4 is 0 Å². The summed E-state index contributed by atoms with van der Waals surface area (Å²) < 4.78 is 135. The van der Waals surface area contributed by atoms with Crippen LogP contribution in [0.15, 0.2) is 24.6 Å². The number of allylic oxidation sites excluding steroid dienone is 2. The fourth-order valence-electron chi connectivity index (χ4n) is 0.791. The molecule has 0 amide bonds.